The Labute approximate surface area is 107 Å². The van der Waals surface area contributed by atoms with E-state index >= 15 is 0 Å². The second-order valence-electron chi connectivity index (χ2n) is 4.13. The number of carbonyl (C=O) groups excluding carboxylic acids is 1. The summed E-state index contributed by atoms with van der Waals surface area (Å²) in [6.07, 6.45) is 2.03. The number of nitrogens with zero attached hydrogens (tertiary/aromatic N) is 3. The van der Waals surface area contributed by atoms with E-state index < -0.39 is 0 Å². The monoisotopic (exact) mass is 249 g/mol. The smallest absolute Gasteiger partial charge is 0.305 e. The number of hydrogen-bond donors (Lipinski definition) is 0. The summed E-state index contributed by atoms with van der Waals surface area (Å²) < 4.78 is 6.76. The van der Waals surface area contributed by atoms with Gasteiger partial charge in [0, 0.05) is 18.7 Å². The van der Waals surface area contributed by atoms with Crippen LogP contribution in [0.4, 0.5) is 0 Å². The van der Waals surface area contributed by atoms with Gasteiger partial charge in [-0.25, -0.2) is 4.98 Å². The molecule has 0 radical (unpaired) electrons. The predicted molar refractivity (Wildman–Crippen MR) is 66.9 cm³/mol. The molecule has 0 unspecified atom stereocenters. The zero-order valence-corrected chi connectivity index (χ0v) is 11.2. The summed E-state index contributed by atoms with van der Waals surface area (Å²) in [5.74, 6) is 0.290. The molecule has 0 aliphatic carbocycles. The maximum absolute atomic E-state index is 11.2. The first-order valence-corrected chi connectivity index (χ1v) is 6.19. The van der Waals surface area contributed by atoms with Crippen LogP contribution in [0.15, 0.2) is 0 Å². The van der Waals surface area contributed by atoms with Gasteiger partial charge in [-0.2, -0.15) is 5.26 Å². The number of carbonyl (C=O) groups is 1. The lowest BCUT2D eigenvalue weighted by atomic mass is 10.2. The molecule has 0 saturated heterocycles. The summed E-state index contributed by atoms with van der Waals surface area (Å²) >= 11 is 0. The minimum atomic E-state index is -0.156. The van der Waals surface area contributed by atoms with Crippen molar-refractivity contribution in [3.8, 4) is 6.07 Å². The molecule has 0 atom stereocenters. The van der Waals surface area contributed by atoms with Gasteiger partial charge in [-0.05, 0) is 33.6 Å². The lowest BCUT2D eigenvalue weighted by Crippen LogP contribution is -2.06. The van der Waals surface area contributed by atoms with E-state index in [1.165, 1.54) is 0 Å². The van der Waals surface area contributed by atoms with E-state index in [2.05, 4.69) is 11.1 Å². The third-order valence-corrected chi connectivity index (χ3v) is 2.88. The number of unbranched alkanes of at least 4 members (excludes halogenated alkanes) is 1. The largest absolute Gasteiger partial charge is 0.466 e. The molecule has 0 N–H and O–H groups in total. The van der Waals surface area contributed by atoms with Crippen molar-refractivity contribution in [1.29, 1.82) is 5.26 Å². The summed E-state index contributed by atoms with van der Waals surface area (Å²) in [7, 11) is 0. The SMILES string of the molecule is CCOC(=O)CCCCn1c(C#N)nc(C)c1C. The van der Waals surface area contributed by atoms with Crippen LogP contribution >= 0.6 is 0 Å². The minimum absolute atomic E-state index is 0.156. The Hall–Kier alpha value is -1.83. The van der Waals surface area contributed by atoms with Crippen LogP contribution in [0.3, 0.4) is 0 Å². The standard InChI is InChI=1S/C13H19N3O2/c1-4-18-13(17)7-5-6-8-16-11(3)10(2)15-12(16)9-14/h4-8H2,1-3H3. The van der Waals surface area contributed by atoms with Crippen LogP contribution in [-0.4, -0.2) is 22.1 Å². The van der Waals surface area contributed by atoms with Crippen LogP contribution in [0.2, 0.25) is 0 Å². The van der Waals surface area contributed by atoms with E-state index in [0.717, 1.165) is 30.8 Å². The third kappa shape index (κ3) is 3.59. The number of nitriles is 1. The van der Waals surface area contributed by atoms with Gasteiger partial charge in [-0.15, -0.1) is 0 Å². The number of aryl methyl sites for hydroxylation is 1. The number of aromatic nitrogens is 2. The Morgan fingerprint density at radius 3 is 2.78 bits per heavy atom. The van der Waals surface area contributed by atoms with Gasteiger partial charge < -0.3 is 9.30 Å². The Kier molecular flexibility index (Phi) is 5.37. The zero-order chi connectivity index (χ0) is 13.5. The molecular weight excluding hydrogens is 230 g/mol. The molecule has 0 spiro atoms. The van der Waals surface area contributed by atoms with Crippen molar-refractivity contribution in [3.63, 3.8) is 0 Å². The fourth-order valence-electron chi connectivity index (χ4n) is 1.79. The van der Waals surface area contributed by atoms with Crippen LogP contribution in [0.5, 0.6) is 0 Å². The van der Waals surface area contributed by atoms with E-state index in [1.807, 2.05) is 18.4 Å². The van der Waals surface area contributed by atoms with Crippen molar-refractivity contribution in [2.24, 2.45) is 0 Å². The van der Waals surface area contributed by atoms with Crippen molar-refractivity contribution >= 4 is 5.97 Å². The van der Waals surface area contributed by atoms with Crippen LogP contribution in [0, 0.1) is 25.2 Å². The molecule has 5 nitrogen and oxygen atoms in total. The van der Waals surface area contributed by atoms with E-state index in [0.29, 0.717) is 18.9 Å². The zero-order valence-electron chi connectivity index (χ0n) is 11.2. The molecule has 1 heterocycles. The average Bonchev–Trinajstić information content (AvgIpc) is 2.62. The molecule has 0 saturated carbocycles. The molecule has 0 aliphatic rings. The van der Waals surface area contributed by atoms with Gasteiger partial charge >= 0.3 is 5.97 Å². The molecule has 1 aromatic heterocycles. The number of ether oxygens (including phenoxy) is 1. The van der Waals surface area contributed by atoms with Gasteiger partial charge in [0.2, 0.25) is 5.82 Å². The maximum atomic E-state index is 11.2. The van der Waals surface area contributed by atoms with Gasteiger partial charge in [0.25, 0.3) is 0 Å². The fourth-order valence-corrected chi connectivity index (χ4v) is 1.79. The second kappa shape index (κ2) is 6.80. The summed E-state index contributed by atoms with van der Waals surface area (Å²) in [6, 6.07) is 2.09. The number of hydrogen-bond acceptors (Lipinski definition) is 4. The van der Waals surface area contributed by atoms with E-state index in [9.17, 15) is 4.79 Å². The van der Waals surface area contributed by atoms with Gasteiger partial charge in [0.1, 0.15) is 6.07 Å². The Balaban J connectivity index is 2.45. The van der Waals surface area contributed by atoms with Crippen LogP contribution in [0.25, 0.3) is 0 Å². The molecular formula is C13H19N3O2. The minimum Gasteiger partial charge on any atom is -0.466 e. The van der Waals surface area contributed by atoms with Crippen molar-refractivity contribution in [1.82, 2.24) is 9.55 Å². The molecule has 0 aliphatic heterocycles. The highest BCUT2D eigenvalue weighted by Crippen LogP contribution is 2.11. The predicted octanol–water partition coefficient (Wildman–Crippen LogP) is 2.11. The fraction of sp³-hybridized carbons (Fsp3) is 0.615. The number of rotatable bonds is 6. The number of imidazole rings is 1. The summed E-state index contributed by atoms with van der Waals surface area (Å²) in [5, 5.41) is 8.96. The van der Waals surface area contributed by atoms with Crippen molar-refractivity contribution in [3.05, 3.63) is 17.2 Å². The highest BCUT2D eigenvalue weighted by atomic mass is 16.5. The van der Waals surface area contributed by atoms with E-state index in [-0.39, 0.29) is 5.97 Å². The molecule has 98 valence electrons. The second-order valence-corrected chi connectivity index (χ2v) is 4.13. The first-order valence-electron chi connectivity index (χ1n) is 6.19. The Morgan fingerprint density at radius 2 is 2.17 bits per heavy atom. The van der Waals surface area contributed by atoms with Crippen molar-refractivity contribution < 1.29 is 9.53 Å². The van der Waals surface area contributed by atoms with E-state index in [4.69, 9.17) is 10.00 Å². The Bertz CT molecular complexity index is 458. The summed E-state index contributed by atoms with van der Waals surface area (Å²) in [5.41, 5.74) is 1.90. The van der Waals surface area contributed by atoms with Crippen molar-refractivity contribution in [2.75, 3.05) is 6.61 Å². The highest BCUT2D eigenvalue weighted by Gasteiger charge is 2.10. The third-order valence-electron chi connectivity index (χ3n) is 2.88. The maximum Gasteiger partial charge on any atom is 0.305 e. The molecule has 5 heteroatoms. The van der Waals surface area contributed by atoms with Crippen LogP contribution in [-0.2, 0) is 16.1 Å². The topological polar surface area (TPSA) is 67.9 Å². The molecule has 0 aromatic carbocycles. The molecule has 1 aromatic rings. The first kappa shape index (κ1) is 14.2. The van der Waals surface area contributed by atoms with Crippen LogP contribution in [0.1, 0.15) is 43.4 Å². The molecule has 0 fully saturated rings. The van der Waals surface area contributed by atoms with Gasteiger partial charge in [-0.1, -0.05) is 0 Å². The average molecular weight is 249 g/mol. The van der Waals surface area contributed by atoms with Crippen LogP contribution < -0.4 is 0 Å². The van der Waals surface area contributed by atoms with Crippen molar-refractivity contribution in [2.45, 2.75) is 46.6 Å². The molecule has 0 bridgehead atoms. The normalized spacial score (nSPS) is 10.1. The number of esters is 1. The highest BCUT2D eigenvalue weighted by molar-refractivity contribution is 5.69. The molecule has 1 rings (SSSR count). The molecule has 0 amide bonds. The molecule has 18 heavy (non-hydrogen) atoms. The lowest BCUT2D eigenvalue weighted by molar-refractivity contribution is -0.143. The van der Waals surface area contributed by atoms with Gasteiger partial charge in [0.15, 0.2) is 0 Å². The summed E-state index contributed by atoms with van der Waals surface area (Å²) in [4.78, 5) is 15.3. The van der Waals surface area contributed by atoms with Gasteiger partial charge in [0.05, 0.1) is 12.3 Å². The van der Waals surface area contributed by atoms with E-state index in [1.54, 1.807) is 6.92 Å². The van der Waals surface area contributed by atoms with Gasteiger partial charge in [-0.3, -0.25) is 4.79 Å². The quantitative estimate of drug-likeness (QED) is 0.572. The summed E-state index contributed by atoms with van der Waals surface area (Å²) in [6.45, 7) is 6.79. The first-order chi connectivity index (χ1) is 8.60. The lowest BCUT2D eigenvalue weighted by Gasteiger charge is -2.06. The Morgan fingerprint density at radius 1 is 1.44 bits per heavy atom.